The fourth-order valence-corrected chi connectivity index (χ4v) is 3.92. The van der Waals surface area contributed by atoms with Gasteiger partial charge in [0.2, 0.25) is 5.91 Å². The first kappa shape index (κ1) is 16.7. The lowest BCUT2D eigenvalue weighted by molar-refractivity contribution is -0.116. The molecule has 2 aromatic rings. The molecule has 3 rings (SSSR count). The van der Waals surface area contributed by atoms with Gasteiger partial charge in [0, 0.05) is 29.6 Å². The second kappa shape index (κ2) is 7.17. The van der Waals surface area contributed by atoms with Crippen molar-refractivity contribution in [1.82, 2.24) is 14.5 Å². The van der Waals surface area contributed by atoms with Gasteiger partial charge < -0.3 is 5.32 Å². The number of rotatable bonds is 5. The highest BCUT2D eigenvalue weighted by Crippen LogP contribution is 2.32. The molecule has 1 aliphatic heterocycles. The molecule has 24 heavy (non-hydrogen) atoms. The van der Waals surface area contributed by atoms with Crippen LogP contribution in [0.4, 0.5) is 5.82 Å². The second-order valence-electron chi connectivity index (χ2n) is 5.87. The Morgan fingerprint density at radius 2 is 2.25 bits per heavy atom. The molecule has 0 bridgehead atoms. The maximum atomic E-state index is 12.4. The summed E-state index contributed by atoms with van der Waals surface area (Å²) >= 11 is 1.54. The summed E-state index contributed by atoms with van der Waals surface area (Å²) in [6, 6.07) is 6.91. The molecule has 1 atom stereocenters. The van der Waals surface area contributed by atoms with E-state index in [2.05, 4.69) is 22.2 Å². The second-order valence-corrected chi connectivity index (χ2v) is 6.86. The molecule has 126 valence electrons. The normalized spacial score (nSPS) is 16.0. The van der Waals surface area contributed by atoms with Gasteiger partial charge in [0.05, 0.1) is 6.04 Å². The predicted octanol–water partition coefficient (Wildman–Crippen LogP) is 2.57. The van der Waals surface area contributed by atoms with Gasteiger partial charge >= 0.3 is 0 Å². The van der Waals surface area contributed by atoms with E-state index in [0.717, 1.165) is 29.4 Å². The van der Waals surface area contributed by atoms with Gasteiger partial charge in [-0.3, -0.25) is 14.2 Å². The molecule has 6 nitrogen and oxygen atoms in total. The maximum Gasteiger partial charge on any atom is 0.254 e. The third kappa shape index (κ3) is 3.67. The number of fused-ring (bicyclic) bond motifs is 1. The Bertz CT molecular complexity index is 818. The van der Waals surface area contributed by atoms with Crippen LogP contribution in [0, 0.1) is 6.92 Å². The Kier molecular flexibility index (Phi) is 4.99. The van der Waals surface area contributed by atoms with Crippen molar-refractivity contribution in [1.29, 1.82) is 0 Å². The van der Waals surface area contributed by atoms with Crippen LogP contribution in [0.1, 0.15) is 37.2 Å². The topological polar surface area (TPSA) is 76.9 Å². The summed E-state index contributed by atoms with van der Waals surface area (Å²) in [7, 11) is 0. The maximum absolute atomic E-state index is 12.4. The number of nitrogens with one attached hydrogen (secondary N) is 1. The van der Waals surface area contributed by atoms with Crippen LogP contribution in [-0.4, -0.2) is 26.2 Å². The number of carbonyl (C=O) groups is 1. The highest BCUT2D eigenvalue weighted by molar-refractivity contribution is 7.99. The van der Waals surface area contributed by atoms with Gasteiger partial charge in [-0.2, -0.15) is 0 Å². The van der Waals surface area contributed by atoms with Crippen LogP contribution in [0.25, 0.3) is 0 Å². The molecular formula is C17H20N4O2S. The number of pyridine rings is 1. The Balaban J connectivity index is 1.72. The average Bonchev–Trinajstić information content (AvgIpc) is 2.90. The van der Waals surface area contributed by atoms with Crippen LogP contribution in [0.5, 0.6) is 0 Å². The van der Waals surface area contributed by atoms with Crippen LogP contribution in [0.2, 0.25) is 0 Å². The average molecular weight is 344 g/mol. The Hall–Kier alpha value is -2.15. The molecule has 3 heterocycles. The minimum absolute atomic E-state index is 0.0695. The third-order valence-corrected chi connectivity index (χ3v) is 4.92. The summed E-state index contributed by atoms with van der Waals surface area (Å²) in [5.74, 6) is 1.08. The highest BCUT2D eigenvalue weighted by Gasteiger charge is 2.27. The molecule has 0 fully saturated rings. The number of thioether (sulfide) groups is 1. The van der Waals surface area contributed by atoms with Crippen molar-refractivity contribution >= 4 is 23.5 Å². The van der Waals surface area contributed by atoms with Crippen LogP contribution in [0.3, 0.4) is 0 Å². The summed E-state index contributed by atoms with van der Waals surface area (Å²) in [5, 5.41) is 3.52. The summed E-state index contributed by atoms with van der Waals surface area (Å²) in [6.45, 7) is 3.94. The van der Waals surface area contributed by atoms with Crippen molar-refractivity contribution in [2.45, 2.75) is 44.3 Å². The highest BCUT2D eigenvalue weighted by atomic mass is 32.2. The standard InChI is InChI=1S/C17H20N4O2S/c1-3-5-12-8-16(23)21-13(10-24-17(21)19-12)9-15(22)20-14-7-4-6-11(2)18-14/h4,6-8,13H,3,5,9-10H2,1-2H3,(H,18,20,22). The van der Waals surface area contributed by atoms with Crippen molar-refractivity contribution < 1.29 is 4.79 Å². The molecule has 1 N–H and O–H groups in total. The van der Waals surface area contributed by atoms with Crippen molar-refractivity contribution in [3.05, 3.63) is 46.0 Å². The number of anilines is 1. The SMILES string of the molecule is CCCc1cc(=O)n2c(n1)SCC2CC(=O)Nc1cccc(C)n1. The van der Waals surface area contributed by atoms with Crippen molar-refractivity contribution in [2.75, 3.05) is 11.1 Å². The molecule has 1 amide bonds. The molecule has 0 aromatic carbocycles. The van der Waals surface area contributed by atoms with Crippen LogP contribution in [-0.2, 0) is 11.2 Å². The zero-order valence-corrected chi connectivity index (χ0v) is 14.6. The van der Waals surface area contributed by atoms with Gasteiger partial charge in [-0.15, -0.1) is 0 Å². The lowest BCUT2D eigenvalue weighted by Crippen LogP contribution is -2.28. The molecule has 0 spiro atoms. The first-order chi connectivity index (χ1) is 11.6. The van der Waals surface area contributed by atoms with E-state index in [-0.39, 0.29) is 23.9 Å². The molecule has 7 heteroatoms. The zero-order valence-electron chi connectivity index (χ0n) is 13.8. The van der Waals surface area contributed by atoms with E-state index in [4.69, 9.17) is 0 Å². The quantitative estimate of drug-likeness (QED) is 0.844. The Labute approximate surface area is 144 Å². The number of nitrogens with zero attached hydrogens (tertiary/aromatic N) is 3. The number of carbonyl (C=O) groups excluding carboxylic acids is 1. The molecular weight excluding hydrogens is 324 g/mol. The molecule has 0 saturated carbocycles. The first-order valence-electron chi connectivity index (χ1n) is 8.05. The van der Waals surface area contributed by atoms with Gasteiger partial charge in [0.25, 0.3) is 5.56 Å². The number of amides is 1. The van der Waals surface area contributed by atoms with E-state index >= 15 is 0 Å². The first-order valence-corrected chi connectivity index (χ1v) is 9.04. The zero-order chi connectivity index (χ0) is 17.1. The molecule has 0 saturated heterocycles. The number of aryl methyl sites for hydroxylation is 2. The monoisotopic (exact) mass is 344 g/mol. The van der Waals surface area contributed by atoms with Crippen molar-refractivity contribution in [2.24, 2.45) is 0 Å². The van der Waals surface area contributed by atoms with E-state index in [1.54, 1.807) is 16.7 Å². The summed E-state index contributed by atoms with van der Waals surface area (Å²) < 4.78 is 1.65. The summed E-state index contributed by atoms with van der Waals surface area (Å²) in [6.07, 6.45) is 1.99. The molecule has 0 radical (unpaired) electrons. The predicted molar refractivity (Wildman–Crippen MR) is 94.5 cm³/mol. The van der Waals surface area contributed by atoms with E-state index in [0.29, 0.717) is 11.6 Å². The lowest BCUT2D eigenvalue weighted by atomic mass is 10.2. The van der Waals surface area contributed by atoms with Gasteiger partial charge in [-0.25, -0.2) is 9.97 Å². The molecule has 1 aliphatic rings. The van der Waals surface area contributed by atoms with Crippen molar-refractivity contribution in [3.8, 4) is 0 Å². The fraction of sp³-hybridized carbons (Fsp3) is 0.412. The Morgan fingerprint density at radius 1 is 1.42 bits per heavy atom. The third-order valence-electron chi connectivity index (χ3n) is 3.83. The Morgan fingerprint density at radius 3 is 3.00 bits per heavy atom. The van der Waals surface area contributed by atoms with E-state index in [1.807, 2.05) is 19.1 Å². The lowest BCUT2D eigenvalue weighted by Gasteiger charge is -2.13. The van der Waals surface area contributed by atoms with Gasteiger partial charge in [-0.05, 0) is 25.5 Å². The summed E-state index contributed by atoms with van der Waals surface area (Å²) in [5.41, 5.74) is 1.61. The smallest absolute Gasteiger partial charge is 0.254 e. The van der Waals surface area contributed by atoms with E-state index < -0.39 is 0 Å². The number of hydrogen-bond acceptors (Lipinski definition) is 5. The summed E-state index contributed by atoms with van der Waals surface area (Å²) in [4.78, 5) is 33.4. The molecule has 1 unspecified atom stereocenters. The largest absolute Gasteiger partial charge is 0.311 e. The van der Waals surface area contributed by atoms with Crippen LogP contribution >= 0.6 is 11.8 Å². The molecule has 0 aliphatic carbocycles. The number of aromatic nitrogens is 3. The van der Waals surface area contributed by atoms with Gasteiger partial charge in [-0.1, -0.05) is 31.2 Å². The van der Waals surface area contributed by atoms with E-state index in [9.17, 15) is 9.59 Å². The van der Waals surface area contributed by atoms with Gasteiger partial charge in [0.1, 0.15) is 5.82 Å². The van der Waals surface area contributed by atoms with Crippen LogP contribution < -0.4 is 10.9 Å². The van der Waals surface area contributed by atoms with E-state index in [1.165, 1.54) is 11.8 Å². The van der Waals surface area contributed by atoms with Gasteiger partial charge in [0.15, 0.2) is 5.16 Å². The molecule has 2 aromatic heterocycles. The number of hydrogen-bond donors (Lipinski definition) is 1. The van der Waals surface area contributed by atoms with Crippen molar-refractivity contribution in [3.63, 3.8) is 0 Å². The minimum atomic E-state index is -0.162. The fourth-order valence-electron chi connectivity index (χ4n) is 2.75. The van der Waals surface area contributed by atoms with Crippen LogP contribution in [0.15, 0.2) is 34.2 Å². The minimum Gasteiger partial charge on any atom is -0.311 e.